The lowest BCUT2D eigenvalue weighted by Gasteiger charge is -2.07. The van der Waals surface area contributed by atoms with Gasteiger partial charge in [0.05, 0.1) is 0 Å². The first-order valence-corrected chi connectivity index (χ1v) is 5.35. The van der Waals surface area contributed by atoms with E-state index < -0.39 is 0 Å². The van der Waals surface area contributed by atoms with Gasteiger partial charge in [-0.15, -0.1) is 0 Å². The van der Waals surface area contributed by atoms with Crippen molar-refractivity contribution in [3.63, 3.8) is 0 Å². The van der Waals surface area contributed by atoms with Gasteiger partial charge in [-0.25, -0.2) is 0 Å². The van der Waals surface area contributed by atoms with Gasteiger partial charge in [-0.05, 0) is 29.7 Å². The molecular formula is C13H11N3O. The summed E-state index contributed by atoms with van der Waals surface area (Å²) in [7, 11) is 0. The summed E-state index contributed by atoms with van der Waals surface area (Å²) in [6.45, 7) is 0. The van der Waals surface area contributed by atoms with Gasteiger partial charge in [0.1, 0.15) is 5.82 Å². The molecule has 0 saturated carbocycles. The highest BCUT2D eigenvalue weighted by Gasteiger charge is 2.00. The number of aromatic amines is 1. The van der Waals surface area contributed by atoms with Crippen molar-refractivity contribution in [2.75, 3.05) is 5.43 Å². The van der Waals surface area contributed by atoms with Crippen molar-refractivity contribution < 1.29 is 0 Å². The predicted molar refractivity (Wildman–Crippen MR) is 68.0 cm³/mol. The molecule has 2 N–H and O–H groups in total. The first kappa shape index (κ1) is 9.72. The minimum Gasteiger partial charge on any atom is -0.307 e. The topological polar surface area (TPSA) is 49.8 Å². The first-order valence-electron chi connectivity index (χ1n) is 5.35. The number of H-pyrrole nitrogens is 1. The fraction of sp³-hybridized carbons (Fsp3) is 0. The number of pyridine rings is 1. The highest BCUT2D eigenvalue weighted by molar-refractivity contribution is 5.83. The molecular weight excluding hydrogens is 214 g/mol. The van der Waals surface area contributed by atoms with Gasteiger partial charge in [0.2, 0.25) is 0 Å². The monoisotopic (exact) mass is 225 g/mol. The van der Waals surface area contributed by atoms with Gasteiger partial charge >= 0.3 is 0 Å². The molecule has 0 amide bonds. The maximum atomic E-state index is 11.8. The highest BCUT2D eigenvalue weighted by atomic mass is 16.1. The van der Waals surface area contributed by atoms with Crippen molar-refractivity contribution >= 4 is 16.6 Å². The number of aromatic nitrogens is 2. The molecule has 4 nitrogen and oxygen atoms in total. The van der Waals surface area contributed by atoms with Crippen LogP contribution in [0.25, 0.3) is 10.8 Å². The van der Waals surface area contributed by atoms with Crippen molar-refractivity contribution in [3.8, 4) is 0 Å². The number of nitrogens with zero attached hydrogens (tertiary/aromatic N) is 1. The van der Waals surface area contributed by atoms with Crippen LogP contribution in [-0.4, -0.2) is 9.66 Å². The summed E-state index contributed by atoms with van der Waals surface area (Å²) in [6, 6.07) is 13.2. The predicted octanol–water partition coefficient (Wildman–Crippen LogP) is 2.20. The molecule has 0 radical (unpaired) electrons. The molecule has 0 bridgehead atoms. The van der Waals surface area contributed by atoms with Crippen LogP contribution in [0, 0.1) is 0 Å². The summed E-state index contributed by atoms with van der Waals surface area (Å²) in [5.74, 6) is 0.671. The Morgan fingerprint density at radius 2 is 1.82 bits per heavy atom. The van der Waals surface area contributed by atoms with Crippen LogP contribution in [0.15, 0.2) is 59.7 Å². The van der Waals surface area contributed by atoms with Gasteiger partial charge < -0.3 is 4.98 Å². The van der Waals surface area contributed by atoms with E-state index in [1.165, 1.54) is 0 Å². The van der Waals surface area contributed by atoms with Crippen molar-refractivity contribution in [1.82, 2.24) is 9.66 Å². The van der Waals surface area contributed by atoms with E-state index in [2.05, 4.69) is 10.4 Å². The number of fused-ring (bicyclic) bond motifs is 1. The fourth-order valence-corrected chi connectivity index (χ4v) is 1.82. The normalized spacial score (nSPS) is 10.6. The van der Waals surface area contributed by atoms with Crippen LogP contribution >= 0.6 is 0 Å². The highest BCUT2D eigenvalue weighted by Crippen LogP contribution is 2.12. The summed E-state index contributed by atoms with van der Waals surface area (Å²) >= 11 is 0. The van der Waals surface area contributed by atoms with Crippen LogP contribution in [-0.2, 0) is 0 Å². The number of hydrogen-bond acceptors (Lipinski definition) is 2. The third-order valence-corrected chi connectivity index (χ3v) is 2.61. The van der Waals surface area contributed by atoms with E-state index in [1.807, 2.05) is 54.9 Å². The van der Waals surface area contributed by atoms with Crippen molar-refractivity contribution in [2.24, 2.45) is 0 Å². The molecule has 0 aliphatic rings. The summed E-state index contributed by atoms with van der Waals surface area (Å²) in [6.07, 6.45) is 3.74. The summed E-state index contributed by atoms with van der Waals surface area (Å²) in [5, 5.41) is 1.62. The molecule has 0 fully saturated rings. The molecule has 0 spiro atoms. The molecule has 0 aliphatic heterocycles. The van der Waals surface area contributed by atoms with E-state index in [0.29, 0.717) is 11.2 Å². The molecule has 84 valence electrons. The van der Waals surface area contributed by atoms with E-state index in [1.54, 1.807) is 4.68 Å². The van der Waals surface area contributed by atoms with Crippen LogP contribution in [0.1, 0.15) is 0 Å². The number of nitrogens with one attached hydrogen (secondary N) is 2. The second-order valence-corrected chi connectivity index (χ2v) is 3.80. The lowest BCUT2D eigenvalue weighted by atomic mass is 10.2. The Bertz CT molecular complexity index is 698. The molecule has 2 aromatic heterocycles. The Kier molecular flexibility index (Phi) is 2.19. The van der Waals surface area contributed by atoms with Crippen LogP contribution in [0.5, 0.6) is 0 Å². The third-order valence-electron chi connectivity index (χ3n) is 2.61. The van der Waals surface area contributed by atoms with Crippen LogP contribution in [0.2, 0.25) is 0 Å². The SMILES string of the molecule is O=c1[nH]c(Nn2cccc2)cc2ccccc12. The van der Waals surface area contributed by atoms with Gasteiger partial charge in [0.15, 0.2) is 0 Å². The maximum absolute atomic E-state index is 11.8. The lowest BCUT2D eigenvalue weighted by Crippen LogP contribution is -2.13. The fourth-order valence-electron chi connectivity index (χ4n) is 1.82. The van der Waals surface area contributed by atoms with Crippen LogP contribution < -0.4 is 11.0 Å². The van der Waals surface area contributed by atoms with Gasteiger partial charge in [-0.2, -0.15) is 0 Å². The Balaban J connectivity index is 2.10. The number of rotatable bonds is 2. The molecule has 3 rings (SSSR count). The average molecular weight is 225 g/mol. The Morgan fingerprint density at radius 3 is 2.65 bits per heavy atom. The molecule has 0 atom stereocenters. The number of benzene rings is 1. The standard InChI is InChI=1S/C13H11N3O/c17-13-11-6-2-1-5-10(11)9-12(14-13)15-16-7-3-4-8-16/h1-9H,(H2,14,15,17). The Labute approximate surface area is 97.5 Å². The summed E-state index contributed by atoms with van der Waals surface area (Å²) in [5.41, 5.74) is 2.99. The third kappa shape index (κ3) is 1.80. The average Bonchev–Trinajstić information content (AvgIpc) is 2.82. The van der Waals surface area contributed by atoms with E-state index in [9.17, 15) is 4.79 Å². The Morgan fingerprint density at radius 1 is 1.06 bits per heavy atom. The van der Waals surface area contributed by atoms with Gasteiger partial charge in [0.25, 0.3) is 5.56 Å². The smallest absolute Gasteiger partial charge is 0.257 e. The number of hydrogen-bond donors (Lipinski definition) is 2. The zero-order chi connectivity index (χ0) is 11.7. The molecule has 0 aliphatic carbocycles. The lowest BCUT2D eigenvalue weighted by molar-refractivity contribution is 0.951. The molecule has 1 aromatic carbocycles. The van der Waals surface area contributed by atoms with Crippen LogP contribution in [0.4, 0.5) is 5.82 Å². The van der Waals surface area contributed by atoms with E-state index in [0.717, 1.165) is 5.39 Å². The molecule has 3 aromatic rings. The zero-order valence-corrected chi connectivity index (χ0v) is 9.05. The summed E-state index contributed by atoms with van der Waals surface area (Å²) < 4.78 is 1.78. The quantitative estimate of drug-likeness (QED) is 0.702. The molecule has 0 unspecified atom stereocenters. The second kappa shape index (κ2) is 3.83. The Hall–Kier alpha value is -2.49. The minimum atomic E-state index is -0.0854. The van der Waals surface area contributed by atoms with E-state index in [4.69, 9.17) is 0 Å². The van der Waals surface area contributed by atoms with E-state index >= 15 is 0 Å². The molecule has 17 heavy (non-hydrogen) atoms. The van der Waals surface area contributed by atoms with Crippen LogP contribution in [0.3, 0.4) is 0 Å². The van der Waals surface area contributed by atoms with E-state index in [-0.39, 0.29) is 5.56 Å². The maximum Gasteiger partial charge on any atom is 0.257 e. The van der Waals surface area contributed by atoms with Gasteiger partial charge in [-0.1, -0.05) is 18.2 Å². The largest absolute Gasteiger partial charge is 0.307 e. The van der Waals surface area contributed by atoms with Crippen molar-refractivity contribution in [2.45, 2.75) is 0 Å². The van der Waals surface area contributed by atoms with Crippen molar-refractivity contribution in [3.05, 3.63) is 65.2 Å². The second-order valence-electron chi connectivity index (χ2n) is 3.80. The minimum absolute atomic E-state index is 0.0854. The molecule has 0 saturated heterocycles. The number of anilines is 1. The molecule has 2 heterocycles. The zero-order valence-electron chi connectivity index (χ0n) is 9.05. The van der Waals surface area contributed by atoms with Gasteiger partial charge in [0, 0.05) is 17.8 Å². The first-order chi connectivity index (χ1) is 8.33. The molecule has 4 heteroatoms. The van der Waals surface area contributed by atoms with Gasteiger partial charge in [-0.3, -0.25) is 14.9 Å². The van der Waals surface area contributed by atoms with Crippen molar-refractivity contribution in [1.29, 1.82) is 0 Å². The summed E-state index contributed by atoms with van der Waals surface area (Å²) in [4.78, 5) is 14.6.